The molecule has 0 spiro atoms. The van der Waals surface area contributed by atoms with Gasteiger partial charge < -0.3 is 9.47 Å². The molecule has 0 aromatic carbocycles. The zero-order valence-electron chi connectivity index (χ0n) is 12.0. The highest BCUT2D eigenvalue weighted by atomic mass is 19.1. The minimum Gasteiger partial charge on any atom is -0.444 e. The Balaban J connectivity index is 2.80. The molecule has 0 saturated carbocycles. The first-order chi connectivity index (χ1) is 8.17. The number of carbonyl (C=O) groups is 1. The number of rotatable bonds is 2. The lowest BCUT2D eigenvalue weighted by Crippen LogP contribution is -2.58. The molecule has 0 aromatic heterocycles. The fraction of sp³-hybridized carbons (Fsp3) is 0.923. The van der Waals surface area contributed by atoms with E-state index in [9.17, 15) is 9.18 Å². The van der Waals surface area contributed by atoms with E-state index >= 15 is 0 Å². The number of amides is 1. The molecule has 2 atom stereocenters. The Labute approximate surface area is 108 Å². The molecule has 0 bridgehead atoms. The van der Waals surface area contributed by atoms with Crippen LogP contribution in [-0.4, -0.2) is 48.1 Å². The standard InChI is InChI=1S/C13H24FNO3/c1-6-13(5,14)10-9-17-8-7-15(10)11(16)18-12(2,3)4/h10H,6-9H2,1-5H3. The topological polar surface area (TPSA) is 38.8 Å². The fourth-order valence-electron chi connectivity index (χ4n) is 1.88. The molecule has 4 nitrogen and oxygen atoms in total. The second kappa shape index (κ2) is 5.43. The molecular formula is C13H24FNO3. The molecule has 1 amide bonds. The van der Waals surface area contributed by atoms with Crippen LogP contribution < -0.4 is 0 Å². The maximum absolute atomic E-state index is 14.4. The Morgan fingerprint density at radius 2 is 2.06 bits per heavy atom. The van der Waals surface area contributed by atoms with Gasteiger partial charge in [0.05, 0.1) is 19.3 Å². The van der Waals surface area contributed by atoms with Gasteiger partial charge in [0.2, 0.25) is 0 Å². The number of nitrogens with zero attached hydrogens (tertiary/aromatic N) is 1. The average Bonchev–Trinajstić information content (AvgIpc) is 2.27. The average molecular weight is 261 g/mol. The van der Waals surface area contributed by atoms with Crippen molar-refractivity contribution in [2.45, 2.75) is 58.4 Å². The smallest absolute Gasteiger partial charge is 0.410 e. The zero-order chi connectivity index (χ0) is 14.0. The summed E-state index contributed by atoms with van der Waals surface area (Å²) < 4.78 is 25.0. The lowest BCUT2D eigenvalue weighted by molar-refractivity contribution is -0.0759. The summed E-state index contributed by atoms with van der Waals surface area (Å²) in [6.07, 6.45) is -0.131. The van der Waals surface area contributed by atoms with E-state index in [0.717, 1.165) is 0 Å². The van der Waals surface area contributed by atoms with Crippen molar-refractivity contribution in [3.8, 4) is 0 Å². The maximum atomic E-state index is 14.4. The molecule has 18 heavy (non-hydrogen) atoms. The molecule has 0 N–H and O–H groups in total. The van der Waals surface area contributed by atoms with Crippen molar-refractivity contribution >= 4 is 6.09 Å². The molecule has 5 heteroatoms. The van der Waals surface area contributed by atoms with Crippen molar-refractivity contribution < 1.29 is 18.7 Å². The van der Waals surface area contributed by atoms with Crippen molar-refractivity contribution in [1.82, 2.24) is 4.90 Å². The van der Waals surface area contributed by atoms with Crippen LogP contribution in [-0.2, 0) is 9.47 Å². The summed E-state index contributed by atoms with van der Waals surface area (Å²) in [7, 11) is 0. The number of carbonyl (C=O) groups excluding carboxylic acids is 1. The van der Waals surface area contributed by atoms with Gasteiger partial charge in [-0.2, -0.15) is 0 Å². The predicted molar refractivity (Wildman–Crippen MR) is 67.4 cm³/mol. The van der Waals surface area contributed by atoms with Crippen LogP contribution in [0, 0.1) is 0 Å². The van der Waals surface area contributed by atoms with Crippen LogP contribution in [0.15, 0.2) is 0 Å². The lowest BCUT2D eigenvalue weighted by atomic mass is 9.94. The van der Waals surface area contributed by atoms with E-state index in [1.165, 1.54) is 11.8 Å². The van der Waals surface area contributed by atoms with E-state index in [0.29, 0.717) is 19.6 Å². The highest BCUT2D eigenvalue weighted by Gasteiger charge is 2.42. The summed E-state index contributed by atoms with van der Waals surface area (Å²) in [6.45, 7) is 9.69. The predicted octanol–water partition coefficient (Wildman–Crippen LogP) is 2.76. The van der Waals surface area contributed by atoms with Crippen LogP contribution in [0.1, 0.15) is 41.0 Å². The molecule has 1 fully saturated rings. The molecule has 1 aliphatic rings. The number of alkyl halides is 1. The molecule has 0 aliphatic carbocycles. The Kier molecular flexibility index (Phi) is 4.59. The summed E-state index contributed by atoms with van der Waals surface area (Å²) in [5.41, 5.74) is -2.03. The van der Waals surface area contributed by atoms with Gasteiger partial charge in [-0.3, -0.25) is 4.90 Å². The molecule has 106 valence electrons. The van der Waals surface area contributed by atoms with Crippen LogP contribution in [0.3, 0.4) is 0 Å². The van der Waals surface area contributed by atoms with E-state index in [1.807, 2.05) is 0 Å². The first-order valence-electron chi connectivity index (χ1n) is 6.43. The molecule has 2 unspecified atom stereocenters. The number of hydrogen-bond donors (Lipinski definition) is 0. The second-order valence-corrected chi connectivity index (χ2v) is 5.90. The zero-order valence-corrected chi connectivity index (χ0v) is 12.0. The maximum Gasteiger partial charge on any atom is 0.410 e. The van der Waals surface area contributed by atoms with Crippen LogP contribution in [0.25, 0.3) is 0 Å². The number of ether oxygens (including phenoxy) is 2. The van der Waals surface area contributed by atoms with E-state index in [2.05, 4.69) is 0 Å². The first-order valence-corrected chi connectivity index (χ1v) is 6.43. The van der Waals surface area contributed by atoms with Crippen molar-refractivity contribution in [2.75, 3.05) is 19.8 Å². The second-order valence-electron chi connectivity index (χ2n) is 5.90. The van der Waals surface area contributed by atoms with Gasteiger partial charge in [0.25, 0.3) is 0 Å². The van der Waals surface area contributed by atoms with Crippen molar-refractivity contribution in [1.29, 1.82) is 0 Å². The van der Waals surface area contributed by atoms with Crippen molar-refractivity contribution in [2.24, 2.45) is 0 Å². The molecule has 1 heterocycles. The normalized spacial score (nSPS) is 24.6. The SMILES string of the molecule is CCC(C)(F)C1COCCN1C(=O)OC(C)(C)C. The summed E-state index contributed by atoms with van der Waals surface area (Å²) in [6, 6.07) is -0.578. The lowest BCUT2D eigenvalue weighted by Gasteiger charge is -2.42. The Bertz CT molecular complexity index is 299. The third-order valence-electron chi connectivity index (χ3n) is 3.14. The molecule has 0 radical (unpaired) electrons. The monoisotopic (exact) mass is 261 g/mol. The van der Waals surface area contributed by atoms with Crippen LogP contribution in [0.4, 0.5) is 9.18 Å². The molecule has 0 aromatic rings. The summed E-state index contributed by atoms with van der Waals surface area (Å²) in [4.78, 5) is 13.5. The largest absolute Gasteiger partial charge is 0.444 e. The quantitative estimate of drug-likeness (QED) is 0.767. The summed E-state index contributed by atoms with van der Waals surface area (Å²) in [5.74, 6) is 0. The highest BCUT2D eigenvalue weighted by Crippen LogP contribution is 2.28. The number of hydrogen-bond acceptors (Lipinski definition) is 3. The summed E-state index contributed by atoms with van der Waals surface area (Å²) in [5, 5.41) is 0. The number of halogens is 1. The fourth-order valence-corrected chi connectivity index (χ4v) is 1.88. The van der Waals surface area contributed by atoms with Gasteiger partial charge in [-0.15, -0.1) is 0 Å². The van der Waals surface area contributed by atoms with Gasteiger partial charge in [0.15, 0.2) is 0 Å². The first kappa shape index (κ1) is 15.2. The van der Waals surface area contributed by atoms with Gasteiger partial charge in [0.1, 0.15) is 11.3 Å². The van der Waals surface area contributed by atoms with Gasteiger partial charge in [-0.1, -0.05) is 6.92 Å². The Hall–Kier alpha value is -0.840. The van der Waals surface area contributed by atoms with Crippen LogP contribution in [0.2, 0.25) is 0 Å². The minimum atomic E-state index is -1.46. The molecular weight excluding hydrogens is 237 g/mol. The van der Waals surface area contributed by atoms with E-state index in [4.69, 9.17) is 9.47 Å². The molecule has 1 aliphatic heterocycles. The third-order valence-corrected chi connectivity index (χ3v) is 3.14. The molecule has 1 saturated heterocycles. The van der Waals surface area contributed by atoms with E-state index < -0.39 is 23.4 Å². The minimum absolute atomic E-state index is 0.222. The number of morpholine rings is 1. The Morgan fingerprint density at radius 3 is 2.56 bits per heavy atom. The van der Waals surface area contributed by atoms with Crippen LogP contribution >= 0.6 is 0 Å². The summed E-state index contributed by atoms with van der Waals surface area (Å²) >= 11 is 0. The van der Waals surface area contributed by atoms with Gasteiger partial charge >= 0.3 is 6.09 Å². The van der Waals surface area contributed by atoms with Crippen LogP contribution in [0.5, 0.6) is 0 Å². The van der Waals surface area contributed by atoms with Crippen molar-refractivity contribution in [3.63, 3.8) is 0 Å². The van der Waals surface area contributed by atoms with Gasteiger partial charge in [0, 0.05) is 6.54 Å². The van der Waals surface area contributed by atoms with Gasteiger partial charge in [-0.25, -0.2) is 9.18 Å². The molecule has 1 rings (SSSR count). The van der Waals surface area contributed by atoms with Crippen molar-refractivity contribution in [3.05, 3.63) is 0 Å². The highest BCUT2D eigenvalue weighted by molar-refractivity contribution is 5.69. The Morgan fingerprint density at radius 1 is 1.44 bits per heavy atom. The third kappa shape index (κ3) is 3.83. The van der Waals surface area contributed by atoms with Gasteiger partial charge in [-0.05, 0) is 34.1 Å². The van der Waals surface area contributed by atoms with E-state index in [1.54, 1.807) is 27.7 Å². The van der Waals surface area contributed by atoms with E-state index in [-0.39, 0.29) is 6.61 Å².